The zero-order chi connectivity index (χ0) is 25.3. The summed E-state index contributed by atoms with van der Waals surface area (Å²) in [6, 6.07) is 0.696. The number of carbonyl (C=O) groups is 2. The molecule has 0 aliphatic carbocycles. The van der Waals surface area contributed by atoms with Gasteiger partial charge in [-0.25, -0.2) is 17.9 Å². The van der Waals surface area contributed by atoms with Crippen molar-refractivity contribution in [2.75, 3.05) is 32.9 Å². The van der Waals surface area contributed by atoms with Crippen molar-refractivity contribution in [1.29, 1.82) is 0 Å². The Balaban J connectivity index is 1.62. The van der Waals surface area contributed by atoms with Crippen LogP contribution in [0.3, 0.4) is 0 Å². The van der Waals surface area contributed by atoms with Crippen LogP contribution >= 0.6 is 0 Å². The molecule has 0 bridgehead atoms. The lowest BCUT2D eigenvalue weighted by atomic mass is 9.86. The highest BCUT2D eigenvalue weighted by molar-refractivity contribution is 5.85. The number of carbonyl (C=O) groups excluding carboxylic acids is 2. The fourth-order valence-electron chi connectivity index (χ4n) is 4.34. The standard InChI is InChI=1S/C21H24F3N5O6/c22-13-5-11(6-14(23)18(13)24)15-8-29(27-26-15)16-2-4-35-21(10-30,20(25)33)19(16)34-9-17(32)28-3-1-12(31)7-28/h5-6,8,12,16,19,30-31H,1-4,7,9-10H2,(H2,25,33)/t12-,16?,19?,21?/m1/s1. The van der Waals surface area contributed by atoms with E-state index in [1.165, 1.54) is 15.8 Å². The van der Waals surface area contributed by atoms with Crippen molar-refractivity contribution in [2.24, 2.45) is 5.73 Å². The van der Waals surface area contributed by atoms with E-state index in [0.29, 0.717) is 13.0 Å². The maximum absolute atomic E-state index is 13.7. The number of hydrogen-bond donors (Lipinski definition) is 3. The molecule has 3 heterocycles. The second kappa shape index (κ2) is 9.89. The van der Waals surface area contributed by atoms with E-state index in [2.05, 4.69) is 10.3 Å². The number of ether oxygens (including phenoxy) is 2. The summed E-state index contributed by atoms with van der Waals surface area (Å²) >= 11 is 0. The molecule has 11 nitrogen and oxygen atoms in total. The van der Waals surface area contributed by atoms with E-state index in [1.807, 2.05) is 0 Å². The number of likely N-dealkylation sites (tertiary alicyclic amines) is 1. The number of amides is 2. The maximum atomic E-state index is 13.7. The zero-order valence-corrected chi connectivity index (χ0v) is 18.4. The van der Waals surface area contributed by atoms with Crippen LogP contribution in [0.25, 0.3) is 11.3 Å². The van der Waals surface area contributed by atoms with Gasteiger partial charge >= 0.3 is 0 Å². The van der Waals surface area contributed by atoms with Crippen molar-refractivity contribution >= 4 is 11.8 Å². The number of nitrogens with zero attached hydrogens (tertiary/aromatic N) is 4. The summed E-state index contributed by atoms with van der Waals surface area (Å²) in [4.78, 5) is 26.3. The third-order valence-electron chi connectivity index (χ3n) is 6.27. The van der Waals surface area contributed by atoms with Crippen molar-refractivity contribution in [3.05, 3.63) is 35.8 Å². The molecule has 2 fully saturated rings. The third-order valence-corrected chi connectivity index (χ3v) is 6.27. The van der Waals surface area contributed by atoms with Crippen LogP contribution in [0.1, 0.15) is 18.9 Å². The number of rotatable bonds is 7. The number of β-amino-alcohol motifs (C(OH)–C–C–N with tert-alkyl or cyclic N) is 1. The Morgan fingerprint density at radius 3 is 2.57 bits per heavy atom. The molecule has 0 spiro atoms. The monoisotopic (exact) mass is 499 g/mol. The molecular weight excluding hydrogens is 475 g/mol. The third kappa shape index (κ3) is 4.74. The highest BCUT2D eigenvalue weighted by Gasteiger charge is 2.53. The van der Waals surface area contributed by atoms with E-state index in [1.54, 1.807) is 0 Å². The summed E-state index contributed by atoms with van der Waals surface area (Å²) in [6.07, 6.45) is 0.00801. The van der Waals surface area contributed by atoms with Crippen LogP contribution in [0.2, 0.25) is 0 Å². The molecule has 0 saturated carbocycles. The summed E-state index contributed by atoms with van der Waals surface area (Å²) in [5, 5.41) is 27.5. The van der Waals surface area contributed by atoms with E-state index in [4.69, 9.17) is 15.2 Å². The van der Waals surface area contributed by atoms with Gasteiger partial charge in [0.15, 0.2) is 23.1 Å². The number of halogens is 3. The Kier molecular flexibility index (Phi) is 7.07. The van der Waals surface area contributed by atoms with Crippen LogP contribution in [0.15, 0.2) is 18.3 Å². The minimum absolute atomic E-state index is 0.00356. The van der Waals surface area contributed by atoms with Crippen LogP contribution in [-0.2, 0) is 19.1 Å². The van der Waals surface area contributed by atoms with Gasteiger partial charge < -0.3 is 30.3 Å². The highest BCUT2D eigenvalue weighted by atomic mass is 19.2. The van der Waals surface area contributed by atoms with Crippen LogP contribution in [-0.4, -0.2) is 92.6 Å². The number of aliphatic hydroxyl groups excluding tert-OH is 2. The minimum atomic E-state index is -2.01. The molecule has 2 saturated heterocycles. The number of aromatic nitrogens is 3. The first-order chi connectivity index (χ1) is 16.7. The van der Waals surface area contributed by atoms with Crippen molar-refractivity contribution in [3.63, 3.8) is 0 Å². The van der Waals surface area contributed by atoms with Gasteiger partial charge in [0.1, 0.15) is 18.4 Å². The molecule has 4 N–H and O–H groups in total. The SMILES string of the molecule is NC(=O)C1(CO)OCCC(n2cc(-c3cc(F)c(F)c(F)c3)nn2)C1OCC(=O)N1CC[C@@H](O)C1. The minimum Gasteiger partial charge on any atom is -0.393 e. The molecule has 190 valence electrons. The van der Waals surface area contributed by atoms with Gasteiger partial charge in [0.05, 0.1) is 31.6 Å². The smallest absolute Gasteiger partial charge is 0.254 e. The van der Waals surface area contributed by atoms with Crippen LogP contribution in [0.4, 0.5) is 13.2 Å². The van der Waals surface area contributed by atoms with Gasteiger partial charge in [-0.3, -0.25) is 9.59 Å². The predicted octanol–water partition coefficient (Wildman–Crippen LogP) is -0.481. The van der Waals surface area contributed by atoms with Gasteiger partial charge in [-0.05, 0) is 25.0 Å². The van der Waals surface area contributed by atoms with Gasteiger partial charge in [0.25, 0.3) is 5.91 Å². The number of nitrogens with two attached hydrogens (primary N) is 1. The topological polar surface area (TPSA) is 153 Å². The lowest BCUT2D eigenvalue weighted by Gasteiger charge is -2.44. The van der Waals surface area contributed by atoms with Gasteiger partial charge in [-0.15, -0.1) is 5.10 Å². The fraction of sp³-hybridized carbons (Fsp3) is 0.524. The number of benzene rings is 1. The molecule has 14 heteroatoms. The molecule has 1 aromatic carbocycles. The first-order valence-electron chi connectivity index (χ1n) is 10.8. The van der Waals surface area contributed by atoms with E-state index < -0.39 is 66.3 Å². The molecule has 1 aromatic heterocycles. The number of hydrogen-bond acceptors (Lipinski definition) is 8. The molecule has 2 amide bonds. The van der Waals surface area contributed by atoms with Crippen LogP contribution in [0.5, 0.6) is 0 Å². The fourth-order valence-corrected chi connectivity index (χ4v) is 4.34. The molecule has 4 atom stereocenters. The summed E-state index contributed by atoms with van der Waals surface area (Å²) in [5.41, 5.74) is 3.45. The van der Waals surface area contributed by atoms with Gasteiger partial charge in [-0.2, -0.15) is 0 Å². The summed E-state index contributed by atoms with van der Waals surface area (Å²) in [6.45, 7) is -0.898. The van der Waals surface area contributed by atoms with Crippen LogP contribution in [0, 0.1) is 17.5 Å². The Hall–Kier alpha value is -3.07. The average Bonchev–Trinajstić information content (AvgIpc) is 3.49. The van der Waals surface area contributed by atoms with Crippen LogP contribution < -0.4 is 5.73 Å². The summed E-state index contributed by atoms with van der Waals surface area (Å²) in [5.74, 6) is -5.90. The Morgan fingerprint density at radius 1 is 1.26 bits per heavy atom. The van der Waals surface area contributed by atoms with E-state index in [9.17, 15) is 33.0 Å². The van der Waals surface area contributed by atoms with Crippen molar-refractivity contribution in [3.8, 4) is 11.3 Å². The molecule has 0 radical (unpaired) electrons. The lowest BCUT2D eigenvalue weighted by molar-refractivity contribution is -0.211. The first-order valence-corrected chi connectivity index (χ1v) is 10.8. The second-order valence-corrected chi connectivity index (χ2v) is 8.47. The summed E-state index contributed by atoms with van der Waals surface area (Å²) in [7, 11) is 0. The quantitative estimate of drug-likeness (QED) is 0.432. The number of aliphatic hydroxyl groups is 2. The number of primary amides is 1. The van der Waals surface area contributed by atoms with Gasteiger partial charge in [0.2, 0.25) is 5.91 Å². The van der Waals surface area contributed by atoms with Crippen molar-refractivity contribution < 1.29 is 42.4 Å². The zero-order valence-electron chi connectivity index (χ0n) is 18.4. The Labute approximate surface area is 197 Å². The van der Waals surface area contributed by atoms with E-state index in [0.717, 1.165) is 12.1 Å². The predicted molar refractivity (Wildman–Crippen MR) is 111 cm³/mol. The van der Waals surface area contributed by atoms with Crippen molar-refractivity contribution in [1.82, 2.24) is 19.9 Å². The Morgan fingerprint density at radius 2 is 1.97 bits per heavy atom. The first kappa shape index (κ1) is 25.0. The molecule has 35 heavy (non-hydrogen) atoms. The maximum Gasteiger partial charge on any atom is 0.254 e. The van der Waals surface area contributed by atoms with E-state index in [-0.39, 0.29) is 30.8 Å². The molecule has 3 unspecified atom stereocenters. The largest absolute Gasteiger partial charge is 0.393 e. The van der Waals surface area contributed by atoms with Gasteiger partial charge in [-0.1, -0.05) is 5.21 Å². The Bertz CT molecular complexity index is 1090. The molecular formula is C21H24F3N5O6. The molecule has 4 rings (SSSR count). The lowest BCUT2D eigenvalue weighted by Crippen LogP contribution is -2.64. The van der Waals surface area contributed by atoms with E-state index >= 15 is 0 Å². The molecule has 2 aliphatic rings. The summed E-state index contributed by atoms with van der Waals surface area (Å²) < 4.78 is 53.2. The van der Waals surface area contributed by atoms with Crippen molar-refractivity contribution in [2.45, 2.75) is 36.7 Å². The average molecular weight is 499 g/mol. The highest BCUT2D eigenvalue weighted by Crippen LogP contribution is 2.36. The molecule has 2 aliphatic heterocycles. The molecule has 2 aromatic rings. The second-order valence-electron chi connectivity index (χ2n) is 8.47. The normalized spacial score (nSPS) is 26.8. The van der Waals surface area contributed by atoms with Gasteiger partial charge in [0, 0.05) is 18.7 Å².